The first-order valence-corrected chi connectivity index (χ1v) is 8.46. The number of hydrogen-bond donors (Lipinski definition) is 2. The van der Waals surface area contributed by atoms with E-state index < -0.39 is 0 Å². The van der Waals surface area contributed by atoms with Gasteiger partial charge < -0.3 is 10.6 Å². The lowest BCUT2D eigenvalue weighted by Gasteiger charge is -2.11. The van der Waals surface area contributed by atoms with Crippen molar-refractivity contribution in [2.45, 2.75) is 17.3 Å². The fourth-order valence-electron chi connectivity index (χ4n) is 1.58. The summed E-state index contributed by atoms with van der Waals surface area (Å²) >= 11 is 3.47. The molecule has 0 saturated heterocycles. The van der Waals surface area contributed by atoms with Crippen LogP contribution in [0.1, 0.15) is 12.2 Å². The highest BCUT2D eigenvalue weighted by atomic mass is 32.2. The molecule has 0 aromatic carbocycles. The van der Waals surface area contributed by atoms with Crippen molar-refractivity contribution in [1.82, 2.24) is 30.4 Å². The van der Waals surface area contributed by atoms with Gasteiger partial charge in [-0.3, -0.25) is 9.67 Å². The van der Waals surface area contributed by atoms with Crippen LogP contribution in [0.2, 0.25) is 0 Å². The molecule has 2 heterocycles. The van der Waals surface area contributed by atoms with Gasteiger partial charge in [0.1, 0.15) is 16.5 Å². The SMILES string of the molecule is CN=C(NCCCSc1nccs1)NCc1ncnn1C. The molecule has 7 nitrogen and oxygen atoms in total. The molecule has 0 aliphatic rings. The molecular weight excluding hydrogens is 306 g/mol. The lowest BCUT2D eigenvalue weighted by Crippen LogP contribution is -2.38. The minimum absolute atomic E-state index is 0.601. The largest absolute Gasteiger partial charge is 0.356 e. The zero-order valence-corrected chi connectivity index (χ0v) is 13.7. The van der Waals surface area contributed by atoms with Crippen LogP contribution < -0.4 is 10.6 Å². The molecule has 0 bridgehead atoms. The summed E-state index contributed by atoms with van der Waals surface area (Å²) in [5.74, 6) is 2.69. The molecule has 0 aliphatic carbocycles. The van der Waals surface area contributed by atoms with Gasteiger partial charge in [0.05, 0.1) is 6.54 Å². The predicted molar refractivity (Wildman–Crippen MR) is 86.7 cm³/mol. The summed E-state index contributed by atoms with van der Waals surface area (Å²) in [6.45, 7) is 1.47. The van der Waals surface area contributed by atoms with E-state index in [-0.39, 0.29) is 0 Å². The summed E-state index contributed by atoms with van der Waals surface area (Å²) < 4.78 is 2.87. The van der Waals surface area contributed by atoms with E-state index in [1.54, 1.807) is 41.2 Å². The average Bonchev–Trinajstić information content (AvgIpc) is 3.14. The third kappa shape index (κ3) is 5.35. The second-order valence-electron chi connectivity index (χ2n) is 4.15. The highest BCUT2D eigenvalue weighted by molar-refractivity contribution is 8.00. The van der Waals surface area contributed by atoms with Crippen LogP contribution in [0.25, 0.3) is 0 Å². The maximum Gasteiger partial charge on any atom is 0.191 e. The van der Waals surface area contributed by atoms with Crippen molar-refractivity contribution in [3.05, 3.63) is 23.7 Å². The fourth-order valence-corrected chi connectivity index (χ4v) is 3.23. The maximum atomic E-state index is 4.24. The Labute approximate surface area is 132 Å². The summed E-state index contributed by atoms with van der Waals surface area (Å²) in [6, 6.07) is 0. The van der Waals surface area contributed by atoms with Gasteiger partial charge >= 0.3 is 0 Å². The molecule has 0 spiro atoms. The van der Waals surface area contributed by atoms with Gasteiger partial charge in [-0.05, 0) is 6.42 Å². The van der Waals surface area contributed by atoms with Crippen LogP contribution in [0, 0.1) is 0 Å². The van der Waals surface area contributed by atoms with Crippen LogP contribution in [0.5, 0.6) is 0 Å². The number of hydrogen-bond acceptors (Lipinski definition) is 6. The van der Waals surface area contributed by atoms with Gasteiger partial charge in [0, 0.05) is 38.0 Å². The first kappa shape index (κ1) is 15.8. The Morgan fingerprint density at radius 1 is 1.43 bits per heavy atom. The molecule has 21 heavy (non-hydrogen) atoms. The van der Waals surface area contributed by atoms with Crippen molar-refractivity contribution in [2.24, 2.45) is 12.0 Å². The number of thiazole rings is 1. The van der Waals surface area contributed by atoms with E-state index in [9.17, 15) is 0 Å². The molecular formula is C12H19N7S2. The third-order valence-electron chi connectivity index (χ3n) is 2.69. The van der Waals surface area contributed by atoms with E-state index in [1.807, 2.05) is 18.6 Å². The van der Waals surface area contributed by atoms with Crippen molar-refractivity contribution < 1.29 is 0 Å². The Bertz CT molecular complexity index is 550. The molecule has 2 N–H and O–H groups in total. The van der Waals surface area contributed by atoms with Crippen molar-refractivity contribution >= 4 is 29.1 Å². The molecule has 0 fully saturated rings. The van der Waals surface area contributed by atoms with Crippen molar-refractivity contribution in [2.75, 3.05) is 19.3 Å². The highest BCUT2D eigenvalue weighted by Gasteiger charge is 2.02. The van der Waals surface area contributed by atoms with E-state index in [2.05, 4.69) is 30.7 Å². The van der Waals surface area contributed by atoms with Gasteiger partial charge in [-0.2, -0.15) is 5.10 Å². The van der Waals surface area contributed by atoms with Gasteiger partial charge in [0.15, 0.2) is 5.96 Å². The van der Waals surface area contributed by atoms with Gasteiger partial charge in [-0.1, -0.05) is 11.8 Å². The lowest BCUT2D eigenvalue weighted by molar-refractivity contribution is 0.672. The molecule has 114 valence electrons. The van der Waals surface area contributed by atoms with Crippen molar-refractivity contribution in [1.29, 1.82) is 0 Å². The standard InChI is InChI=1S/C12H19N7S2/c1-13-11(16-8-10-17-9-18-19(10)2)14-4-3-6-20-12-15-5-7-21-12/h5,7,9H,3-4,6,8H2,1-2H3,(H2,13,14,16). The minimum Gasteiger partial charge on any atom is -0.356 e. The molecule has 2 rings (SSSR count). The van der Waals surface area contributed by atoms with Gasteiger partial charge in [-0.25, -0.2) is 9.97 Å². The fraction of sp³-hybridized carbons (Fsp3) is 0.500. The topological polar surface area (TPSA) is 80.0 Å². The van der Waals surface area contributed by atoms with E-state index in [0.29, 0.717) is 6.54 Å². The summed E-state index contributed by atoms with van der Waals surface area (Å²) in [5, 5.41) is 12.5. The molecule has 0 aliphatic heterocycles. The number of nitrogens with zero attached hydrogens (tertiary/aromatic N) is 5. The van der Waals surface area contributed by atoms with Crippen LogP contribution in [-0.4, -0.2) is 45.1 Å². The van der Waals surface area contributed by atoms with Gasteiger partial charge in [0.2, 0.25) is 0 Å². The Kier molecular flexibility index (Phi) is 6.48. The summed E-state index contributed by atoms with van der Waals surface area (Å²) in [5.41, 5.74) is 0. The normalized spacial score (nSPS) is 11.6. The van der Waals surface area contributed by atoms with Crippen molar-refractivity contribution in [3.63, 3.8) is 0 Å². The van der Waals surface area contributed by atoms with Crippen molar-refractivity contribution in [3.8, 4) is 0 Å². The number of aliphatic imine (C=N–C) groups is 1. The van der Waals surface area contributed by atoms with Crippen LogP contribution in [-0.2, 0) is 13.6 Å². The number of aromatic nitrogens is 4. The average molecular weight is 325 g/mol. The van der Waals surface area contributed by atoms with Crippen LogP contribution in [0.15, 0.2) is 27.2 Å². The van der Waals surface area contributed by atoms with Crippen LogP contribution >= 0.6 is 23.1 Å². The monoisotopic (exact) mass is 325 g/mol. The number of rotatable bonds is 7. The number of guanidine groups is 1. The summed E-state index contributed by atoms with van der Waals surface area (Å²) in [6.07, 6.45) is 4.43. The Hall–Kier alpha value is -1.61. The second kappa shape index (κ2) is 8.63. The first-order valence-electron chi connectivity index (χ1n) is 6.59. The number of aryl methyl sites for hydroxylation is 1. The zero-order valence-electron chi connectivity index (χ0n) is 12.1. The molecule has 9 heteroatoms. The van der Waals surface area contributed by atoms with E-state index in [1.165, 1.54) is 0 Å². The van der Waals surface area contributed by atoms with E-state index in [4.69, 9.17) is 0 Å². The lowest BCUT2D eigenvalue weighted by atomic mass is 10.5. The molecule has 0 saturated carbocycles. The highest BCUT2D eigenvalue weighted by Crippen LogP contribution is 2.20. The predicted octanol–water partition coefficient (Wildman–Crippen LogP) is 1.12. The molecule has 0 unspecified atom stereocenters. The zero-order chi connectivity index (χ0) is 14.9. The Morgan fingerprint density at radius 3 is 3.00 bits per heavy atom. The summed E-state index contributed by atoms with van der Waals surface area (Å²) in [4.78, 5) is 12.6. The van der Waals surface area contributed by atoms with Gasteiger partial charge in [0.25, 0.3) is 0 Å². The smallest absolute Gasteiger partial charge is 0.191 e. The second-order valence-corrected chi connectivity index (χ2v) is 6.39. The maximum absolute atomic E-state index is 4.24. The molecule has 0 amide bonds. The molecule has 0 atom stereocenters. The van der Waals surface area contributed by atoms with E-state index in [0.717, 1.165) is 34.8 Å². The van der Waals surface area contributed by atoms with Crippen LogP contribution in [0.3, 0.4) is 0 Å². The Balaban J connectivity index is 1.60. The minimum atomic E-state index is 0.601. The third-order valence-corrected chi connectivity index (χ3v) is 4.74. The van der Waals surface area contributed by atoms with Gasteiger partial charge in [-0.15, -0.1) is 11.3 Å². The molecule has 0 radical (unpaired) electrons. The Morgan fingerprint density at radius 2 is 2.33 bits per heavy atom. The molecule has 2 aromatic rings. The number of nitrogens with one attached hydrogen (secondary N) is 2. The quantitative estimate of drug-likeness (QED) is 0.344. The first-order chi connectivity index (χ1) is 10.3. The van der Waals surface area contributed by atoms with E-state index >= 15 is 0 Å². The van der Waals surface area contributed by atoms with Crippen LogP contribution in [0.4, 0.5) is 0 Å². The summed E-state index contributed by atoms with van der Waals surface area (Å²) in [7, 11) is 3.63. The number of thioether (sulfide) groups is 1. The molecule has 2 aromatic heterocycles.